The van der Waals surface area contributed by atoms with Crippen molar-refractivity contribution in [1.29, 1.82) is 0 Å². The van der Waals surface area contributed by atoms with Crippen LogP contribution in [-0.4, -0.2) is 15.7 Å². The minimum Gasteiger partial charge on any atom is -0.451 e. The maximum atomic E-state index is 10.3. The molecule has 1 aromatic heterocycles. The molecule has 0 aromatic carbocycles. The highest BCUT2D eigenvalue weighted by atomic mass is 16.3. The molecule has 1 fully saturated rings. The number of rotatable bonds is 2. The van der Waals surface area contributed by atoms with Gasteiger partial charge in [-0.25, -0.2) is 4.98 Å². The fraction of sp³-hybridized carbons (Fsp3) is 0.700. The molecule has 0 amide bonds. The maximum absolute atomic E-state index is 10.3. The van der Waals surface area contributed by atoms with E-state index in [0.29, 0.717) is 5.69 Å². The Kier molecular flexibility index (Phi) is 2.56. The van der Waals surface area contributed by atoms with Gasteiger partial charge in [0.15, 0.2) is 6.39 Å². The molecular weight excluding hydrogens is 180 g/mol. The van der Waals surface area contributed by atoms with Gasteiger partial charge in [-0.2, -0.15) is 0 Å². The molecule has 0 saturated heterocycles. The van der Waals surface area contributed by atoms with E-state index in [0.717, 1.165) is 25.7 Å². The Morgan fingerprint density at radius 3 is 2.71 bits per heavy atom. The summed E-state index contributed by atoms with van der Waals surface area (Å²) in [6.07, 6.45) is 7.67. The van der Waals surface area contributed by atoms with Gasteiger partial charge in [0.1, 0.15) is 6.26 Å². The van der Waals surface area contributed by atoms with Crippen molar-refractivity contribution in [2.75, 3.05) is 0 Å². The molecule has 14 heavy (non-hydrogen) atoms. The zero-order valence-corrected chi connectivity index (χ0v) is 8.15. The fourth-order valence-corrected chi connectivity index (χ4v) is 2.13. The Bertz CT molecular complexity index is 278. The van der Waals surface area contributed by atoms with Gasteiger partial charge < -0.3 is 15.3 Å². The van der Waals surface area contributed by atoms with E-state index >= 15 is 0 Å². The van der Waals surface area contributed by atoms with Crippen molar-refractivity contribution >= 4 is 0 Å². The van der Waals surface area contributed by atoms with E-state index in [2.05, 4.69) is 4.98 Å². The first-order valence-electron chi connectivity index (χ1n) is 5.08. The Labute approximate surface area is 83.1 Å². The molecule has 1 aliphatic rings. The number of hydrogen-bond acceptors (Lipinski definition) is 4. The van der Waals surface area contributed by atoms with Crippen molar-refractivity contribution in [2.45, 2.75) is 43.7 Å². The number of aliphatic hydroxyl groups is 1. The minimum absolute atomic E-state index is 0.415. The van der Waals surface area contributed by atoms with E-state index in [1.165, 1.54) is 19.1 Å². The standard InChI is InChI=1S/C10H16N2O2/c11-9(8-6-14-7-12-8)10(13)4-2-1-3-5-10/h6-7,9,13H,1-5,11H2. The average molecular weight is 196 g/mol. The normalized spacial score (nSPS) is 23.3. The third kappa shape index (κ3) is 1.67. The first-order valence-corrected chi connectivity index (χ1v) is 5.08. The first-order chi connectivity index (χ1) is 6.72. The van der Waals surface area contributed by atoms with Crippen LogP contribution in [0.2, 0.25) is 0 Å². The summed E-state index contributed by atoms with van der Waals surface area (Å²) in [5, 5.41) is 10.3. The predicted molar refractivity (Wildman–Crippen MR) is 51.5 cm³/mol. The second-order valence-electron chi connectivity index (χ2n) is 4.06. The van der Waals surface area contributed by atoms with Crippen LogP contribution in [-0.2, 0) is 0 Å². The number of oxazole rings is 1. The molecular formula is C10H16N2O2. The van der Waals surface area contributed by atoms with Crippen molar-refractivity contribution in [3.8, 4) is 0 Å². The largest absolute Gasteiger partial charge is 0.451 e. The maximum Gasteiger partial charge on any atom is 0.180 e. The van der Waals surface area contributed by atoms with Crippen molar-refractivity contribution < 1.29 is 9.52 Å². The van der Waals surface area contributed by atoms with Crippen LogP contribution in [0.5, 0.6) is 0 Å². The first kappa shape index (κ1) is 9.68. The number of nitrogens with zero attached hydrogens (tertiary/aromatic N) is 1. The molecule has 1 unspecified atom stereocenters. The fourth-order valence-electron chi connectivity index (χ4n) is 2.13. The van der Waals surface area contributed by atoms with Gasteiger partial charge in [-0.05, 0) is 12.8 Å². The lowest BCUT2D eigenvalue weighted by molar-refractivity contribution is -0.0214. The van der Waals surface area contributed by atoms with Crippen molar-refractivity contribution in [1.82, 2.24) is 4.98 Å². The van der Waals surface area contributed by atoms with Gasteiger partial charge in [-0.1, -0.05) is 19.3 Å². The van der Waals surface area contributed by atoms with E-state index < -0.39 is 11.6 Å². The minimum atomic E-state index is -0.783. The van der Waals surface area contributed by atoms with E-state index in [9.17, 15) is 5.11 Å². The summed E-state index contributed by atoms with van der Waals surface area (Å²) in [5.74, 6) is 0. The summed E-state index contributed by atoms with van der Waals surface area (Å²) >= 11 is 0. The molecule has 1 heterocycles. The van der Waals surface area contributed by atoms with Crippen LogP contribution in [0, 0.1) is 0 Å². The van der Waals surface area contributed by atoms with Gasteiger partial charge in [0, 0.05) is 0 Å². The smallest absolute Gasteiger partial charge is 0.180 e. The SMILES string of the molecule is NC(c1cocn1)C1(O)CCCCC1. The molecule has 3 N–H and O–H groups in total. The van der Waals surface area contributed by atoms with Gasteiger partial charge in [0.25, 0.3) is 0 Å². The van der Waals surface area contributed by atoms with E-state index in [-0.39, 0.29) is 0 Å². The Hall–Kier alpha value is -0.870. The summed E-state index contributed by atoms with van der Waals surface area (Å²) in [4.78, 5) is 3.98. The molecule has 1 saturated carbocycles. The number of aromatic nitrogens is 1. The Morgan fingerprint density at radius 1 is 1.43 bits per heavy atom. The van der Waals surface area contributed by atoms with Crippen LogP contribution >= 0.6 is 0 Å². The summed E-state index contributed by atoms with van der Waals surface area (Å²) < 4.78 is 4.87. The van der Waals surface area contributed by atoms with Crippen molar-refractivity contribution in [3.63, 3.8) is 0 Å². The molecule has 1 atom stereocenters. The summed E-state index contributed by atoms with van der Waals surface area (Å²) in [5.41, 5.74) is 5.84. The van der Waals surface area contributed by atoms with Crippen LogP contribution in [0.1, 0.15) is 43.8 Å². The third-order valence-corrected chi connectivity index (χ3v) is 3.07. The number of hydrogen-bond donors (Lipinski definition) is 2. The highest BCUT2D eigenvalue weighted by molar-refractivity contribution is 5.07. The second-order valence-corrected chi connectivity index (χ2v) is 4.06. The van der Waals surface area contributed by atoms with E-state index in [1.807, 2.05) is 0 Å². The Morgan fingerprint density at radius 2 is 2.14 bits per heavy atom. The van der Waals surface area contributed by atoms with Gasteiger partial charge in [-0.3, -0.25) is 0 Å². The quantitative estimate of drug-likeness (QED) is 0.749. The second kappa shape index (κ2) is 3.71. The van der Waals surface area contributed by atoms with Gasteiger partial charge >= 0.3 is 0 Å². The number of nitrogens with two attached hydrogens (primary N) is 1. The van der Waals surface area contributed by atoms with Crippen molar-refractivity contribution in [3.05, 3.63) is 18.4 Å². The van der Waals surface area contributed by atoms with Crippen LogP contribution in [0.4, 0.5) is 0 Å². The van der Waals surface area contributed by atoms with Crippen molar-refractivity contribution in [2.24, 2.45) is 5.73 Å². The molecule has 78 valence electrons. The molecule has 2 rings (SSSR count). The van der Waals surface area contributed by atoms with Gasteiger partial charge in [-0.15, -0.1) is 0 Å². The third-order valence-electron chi connectivity index (χ3n) is 3.07. The van der Waals surface area contributed by atoms with E-state index in [1.54, 1.807) is 0 Å². The zero-order valence-electron chi connectivity index (χ0n) is 8.15. The van der Waals surface area contributed by atoms with Gasteiger partial charge in [0.2, 0.25) is 0 Å². The molecule has 0 spiro atoms. The lowest BCUT2D eigenvalue weighted by atomic mass is 9.79. The highest BCUT2D eigenvalue weighted by Gasteiger charge is 2.37. The molecule has 0 bridgehead atoms. The summed E-state index contributed by atoms with van der Waals surface area (Å²) in [7, 11) is 0. The summed E-state index contributed by atoms with van der Waals surface area (Å²) in [6.45, 7) is 0. The molecule has 1 aromatic rings. The van der Waals surface area contributed by atoms with Crippen LogP contribution in [0.25, 0.3) is 0 Å². The lowest BCUT2D eigenvalue weighted by Gasteiger charge is -2.36. The highest BCUT2D eigenvalue weighted by Crippen LogP contribution is 2.36. The molecule has 4 nitrogen and oxygen atoms in total. The monoisotopic (exact) mass is 196 g/mol. The zero-order chi connectivity index (χ0) is 10.0. The van der Waals surface area contributed by atoms with E-state index in [4.69, 9.17) is 10.2 Å². The topological polar surface area (TPSA) is 72.3 Å². The van der Waals surface area contributed by atoms with Gasteiger partial charge in [0.05, 0.1) is 17.3 Å². The summed E-state index contributed by atoms with van der Waals surface area (Å²) in [6, 6.07) is -0.415. The average Bonchev–Trinajstić information content (AvgIpc) is 2.70. The van der Waals surface area contributed by atoms with Crippen LogP contribution in [0.3, 0.4) is 0 Å². The molecule has 0 radical (unpaired) electrons. The molecule has 1 aliphatic carbocycles. The lowest BCUT2D eigenvalue weighted by Crippen LogP contribution is -2.42. The van der Waals surface area contributed by atoms with Crippen LogP contribution in [0.15, 0.2) is 17.1 Å². The predicted octanol–water partition coefficient (Wildman–Crippen LogP) is 1.37. The molecule has 0 aliphatic heterocycles. The molecule has 4 heteroatoms. The van der Waals surface area contributed by atoms with Crippen LogP contribution < -0.4 is 5.73 Å². The Balaban J connectivity index is 2.13.